The third-order valence-electron chi connectivity index (χ3n) is 8.07. The second-order valence-electron chi connectivity index (χ2n) is 11.2. The van der Waals surface area contributed by atoms with Gasteiger partial charge in [0, 0.05) is 11.4 Å². The maximum atomic E-state index is 2.67. The van der Waals surface area contributed by atoms with Crippen molar-refractivity contribution in [2.24, 2.45) is 0 Å². The van der Waals surface area contributed by atoms with E-state index in [1.54, 1.807) is 0 Å². The average molecular weight is 543 g/mol. The normalized spacial score (nSPS) is 12.3. The summed E-state index contributed by atoms with van der Waals surface area (Å²) in [5.74, 6) is 0. The molecular formula is C36H36BLiN2Si. The molecule has 0 aromatic heterocycles. The van der Waals surface area contributed by atoms with Crippen molar-refractivity contribution in [3.8, 4) is 0 Å². The van der Waals surface area contributed by atoms with Crippen LogP contribution in [0.5, 0.6) is 0 Å². The maximum absolute atomic E-state index is 2.67. The van der Waals surface area contributed by atoms with E-state index < -0.39 is 8.67 Å². The largest absolute Gasteiger partial charge is 1.00 e. The van der Waals surface area contributed by atoms with Crippen molar-refractivity contribution in [3.63, 3.8) is 0 Å². The monoisotopic (exact) mass is 542 g/mol. The van der Waals surface area contributed by atoms with E-state index in [1.807, 2.05) is 0 Å². The van der Waals surface area contributed by atoms with Gasteiger partial charge in [0.2, 0.25) is 6.57 Å². The number of hydrogen-bond donors (Lipinski definition) is 0. The van der Waals surface area contributed by atoms with Gasteiger partial charge in [-0.2, -0.15) is 10.4 Å². The zero-order chi connectivity index (χ0) is 28.0. The first-order chi connectivity index (χ1) is 19.3. The van der Waals surface area contributed by atoms with Crippen LogP contribution in [0, 0.1) is 41.5 Å². The number of benzene rings is 5. The van der Waals surface area contributed by atoms with Crippen LogP contribution in [0.1, 0.15) is 33.4 Å². The van der Waals surface area contributed by atoms with Gasteiger partial charge >= 0.3 is 18.9 Å². The summed E-state index contributed by atoms with van der Waals surface area (Å²) in [5, 5.41) is 2.83. The Balaban J connectivity index is 0.00000337. The van der Waals surface area contributed by atoms with Crippen LogP contribution < -0.4 is 38.9 Å². The van der Waals surface area contributed by atoms with Crippen molar-refractivity contribution in [1.29, 1.82) is 0 Å². The van der Waals surface area contributed by atoms with Crippen molar-refractivity contribution < 1.29 is 18.9 Å². The number of para-hydroxylation sites is 2. The summed E-state index contributed by atoms with van der Waals surface area (Å²) in [7, 11) is -1.37. The number of fused-ring (bicyclic) bond motifs is 1. The van der Waals surface area contributed by atoms with Gasteiger partial charge in [-0.05, 0) is 75.9 Å². The van der Waals surface area contributed by atoms with Crippen LogP contribution in [0.3, 0.4) is 0 Å². The van der Waals surface area contributed by atoms with E-state index in [9.17, 15) is 0 Å². The van der Waals surface area contributed by atoms with Crippen LogP contribution >= 0.6 is 0 Å². The predicted octanol–water partition coefficient (Wildman–Crippen LogP) is 4.71. The zero-order valence-corrected chi connectivity index (χ0v) is 26.4. The van der Waals surface area contributed by atoms with Crippen LogP contribution in [-0.2, 0) is 0 Å². The van der Waals surface area contributed by atoms with Gasteiger partial charge in [0.25, 0.3) is 0 Å². The first-order valence-electron chi connectivity index (χ1n) is 14.2. The second kappa shape index (κ2) is 11.8. The van der Waals surface area contributed by atoms with Crippen LogP contribution in [0.4, 0.5) is 22.7 Å². The molecule has 1 aliphatic heterocycles. The molecular weight excluding hydrogens is 506 g/mol. The minimum absolute atomic E-state index is 0. The topological polar surface area (TPSA) is 6.48 Å². The molecule has 0 bridgehead atoms. The van der Waals surface area contributed by atoms with Crippen LogP contribution in [0.15, 0.2) is 109 Å². The molecule has 5 heteroatoms. The number of aryl methyl sites for hydroxylation is 6. The number of hydrogen-bond acceptors (Lipinski definition) is 2. The van der Waals surface area contributed by atoms with Crippen molar-refractivity contribution >= 4 is 48.4 Å². The van der Waals surface area contributed by atoms with E-state index in [1.165, 1.54) is 66.5 Å². The molecule has 0 aliphatic carbocycles. The Kier molecular flexibility index (Phi) is 8.39. The van der Waals surface area contributed by atoms with Gasteiger partial charge in [0.05, 0.1) is 11.4 Å². The molecule has 0 fully saturated rings. The van der Waals surface area contributed by atoms with Crippen LogP contribution in [0.2, 0.25) is 0 Å². The standard InChI is InChI=1S/C36H36BN2Si.Li/c1-25-21-27(3)35(28(4)22-25)38-33-19-13-14-20-34(33)39(36-29(5)23-26(2)24-30(36)6)37(38)40(31-15-9-7-10-16-31)32-17-11-8-12-18-32;/h7-24H,1-6H3;/q-1;+1. The molecule has 2 nitrogen and oxygen atoms in total. The Hall–Kier alpha value is -3.42. The van der Waals surface area contributed by atoms with Crippen LogP contribution in [-0.4, -0.2) is 15.2 Å². The van der Waals surface area contributed by atoms with Crippen molar-refractivity contribution in [3.05, 3.63) is 143 Å². The fourth-order valence-electron chi connectivity index (χ4n) is 6.80. The Bertz CT molecular complexity index is 1520. The summed E-state index contributed by atoms with van der Waals surface area (Å²) in [4.78, 5) is 5.35. The summed E-state index contributed by atoms with van der Waals surface area (Å²) >= 11 is 0. The molecule has 0 saturated carbocycles. The third kappa shape index (κ3) is 5.22. The third-order valence-corrected chi connectivity index (χ3v) is 11.0. The second-order valence-corrected chi connectivity index (χ2v) is 13.7. The first kappa shape index (κ1) is 29.1. The van der Waals surface area contributed by atoms with Gasteiger partial charge in [-0.1, -0.05) is 108 Å². The minimum Gasteiger partial charge on any atom is -0.392 e. The van der Waals surface area contributed by atoms with Gasteiger partial charge in [0.15, 0.2) is 0 Å². The molecule has 0 unspecified atom stereocenters. The van der Waals surface area contributed by atoms with E-state index in [0.29, 0.717) is 0 Å². The van der Waals surface area contributed by atoms with E-state index >= 15 is 0 Å². The molecule has 0 N–H and O–H groups in total. The number of rotatable bonds is 5. The van der Waals surface area contributed by atoms with Crippen molar-refractivity contribution in [2.75, 3.05) is 9.62 Å². The Morgan fingerprint density at radius 1 is 0.463 bits per heavy atom. The van der Waals surface area contributed by atoms with Gasteiger partial charge in [-0.3, -0.25) is 0 Å². The maximum Gasteiger partial charge on any atom is 1.00 e. The Morgan fingerprint density at radius 3 is 1.12 bits per heavy atom. The smallest absolute Gasteiger partial charge is 0.392 e. The molecule has 0 saturated heterocycles. The molecule has 5 aromatic carbocycles. The summed E-state index contributed by atoms with van der Waals surface area (Å²) in [6, 6.07) is 40.8. The molecule has 1 aliphatic rings. The van der Waals surface area contributed by atoms with Crippen LogP contribution in [0.25, 0.3) is 0 Å². The first-order valence-corrected chi connectivity index (χ1v) is 15.7. The van der Waals surface area contributed by atoms with E-state index in [2.05, 4.69) is 160 Å². The van der Waals surface area contributed by atoms with Crippen molar-refractivity contribution in [2.45, 2.75) is 41.5 Å². The van der Waals surface area contributed by atoms with Gasteiger partial charge < -0.3 is 9.62 Å². The van der Waals surface area contributed by atoms with E-state index in [0.717, 1.165) is 0 Å². The Morgan fingerprint density at radius 2 is 0.780 bits per heavy atom. The molecule has 0 radical (unpaired) electrons. The van der Waals surface area contributed by atoms with E-state index in [4.69, 9.17) is 0 Å². The SMILES string of the molecule is Cc1cc(C)c(N2B([Si-](c3ccccc3)c3ccccc3)N(c3c(C)cc(C)cc3C)c3ccccc32)c(C)c1.[Li+]. The van der Waals surface area contributed by atoms with Gasteiger partial charge in [0.1, 0.15) is 0 Å². The van der Waals surface area contributed by atoms with Gasteiger partial charge in [-0.15, -0.1) is 0 Å². The van der Waals surface area contributed by atoms with E-state index in [-0.39, 0.29) is 25.4 Å². The van der Waals surface area contributed by atoms with Gasteiger partial charge in [-0.25, -0.2) is 8.67 Å². The molecule has 6 rings (SSSR count). The zero-order valence-electron chi connectivity index (χ0n) is 25.4. The summed E-state index contributed by atoms with van der Waals surface area (Å²) in [6.07, 6.45) is 0. The molecule has 0 spiro atoms. The fraction of sp³-hybridized carbons (Fsp3) is 0.167. The quantitative estimate of drug-likeness (QED) is 0.297. The molecule has 5 aromatic rings. The summed E-state index contributed by atoms with van der Waals surface area (Å²) in [5.41, 5.74) is 13.1. The molecule has 198 valence electrons. The fourth-order valence-corrected chi connectivity index (χ4v) is 9.88. The number of nitrogens with zero attached hydrogens (tertiary/aromatic N) is 2. The predicted molar refractivity (Wildman–Crippen MR) is 176 cm³/mol. The molecule has 0 atom stereocenters. The summed E-state index contributed by atoms with van der Waals surface area (Å²) < 4.78 is 0. The molecule has 41 heavy (non-hydrogen) atoms. The molecule has 1 heterocycles. The minimum atomic E-state index is -1.37. The van der Waals surface area contributed by atoms with Crippen molar-refractivity contribution in [1.82, 2.24) is 0 Å². The number of anilines is 4. The molecule has 0 amide bonds. The Labute approximate surface area is 259 Å². The average Bonchev–Trinajstić information content (AvgIpc) is 3.23. The summed E-state index contributed by atoms with van der Waals surface area (Å²) in [6.45, 7) is 13.6.